The Kier molecular flexibility index (Phi) is 9.39. The lowest BCUT2D eigenvalue weighted by atomic mass is 9.78. The highest BCUT2D eigenvalue weighted by Crippen LogP contribution is 2.44. The highest BCUT2D eigenvalue weighted by atomic mass is 19.4. The zero-order valence-electron chi connectivity index (χ0n) is 23.4. The molecule has 2 aromatic carbocycles. The molecule has 41 heavy (non-hydrogen) atoms. The van der Waals surface area contributed by atoms with Crippen molar-refractivity contribution in [2.45, 2.75) is 75.8 Å². The average molecular weight is 587 g/mol. The van der Waals surface area contributed by atoms with Crippen molar-refractivity contribution in [2.75, 3.05) is 27.2 Å². The van der Waals surface area contributed by atoms with E-state index in [1.165, 1.54) is 24.3 Å². The number of amides is 1. The van der Waals surface area contributed by atoms with Crippen LogP contribution in [0.3, 0.4) is 0 Å². The van der Waals surface area contributed by atoms with Gasteiger partial charge in [-0.15, -0.1) is 0 Å². The molecule has 2 fully saturated rings. The molecule has 1 aliphatic carbocycles. The molecule has 1 N–H and O–H groups in total. The van der Waals surface area contributed by atoms with E-state index in [9.17, 15) is 26.7 Å². The second kappa shape index (κ2) is 12.3. The molecule has 226 valence electrons. The standard InChI is InChI=1S/C29H35F5N2O5/c1-27(2)40-23-15-28(26(37)35-11-12-36(3)4,39-16-18-7-5-9-20(13-18)29(32,33)34)14-22(25(23)41-27)38-17-19-8-6-10-21(30)24(19)31/h5-10,13,22-23,25H,11-12,14-17H2,1-4H3,(H,35,37)/t22?,23-,25+,28-/m1/s1. The molecule has 2 aromatic rings. The predicted molar refractivity (Wildman–Crippen MR) is 139 cm³/mol. The third kappa shape index (κ3) is 7.61. The maximum absolute atomic E-state index is 14.4. The smallest absolute Gasteiger partial charge is 0.370 e. The topological polar surface area (TPSA) is 69.3 Å². The molecule has 4 rings (SSSR count). The average Bonchev–Trinajstić information content (AvgIpc) is 3.21. The van der Waals surface area contributed by atoms with Gasteiger partial charge in [0.15, 0.2) is 23.0 Å². The summed E-state index contributed by atoms with van der Waals surface area (Å²) in [6.07, 6.45) is -6.73. The minimum Gasteiger partial charge on any atom is -0.370 e. The van der Waals surface area contributed by atoms with E-state index < -0.39 is 59.0 Å². The van der Waals surface area contributed by atoms with Gasteiger partial charge in [0.05, 0.1) is 31.0 Å². The van der Waals surface area contributed by atoms with Crippen LogP contribution in [0, 0.1) is 11.6 Å². The number of hydrogen-bond donors (Lipinski definition) is 1. The number of ether oxygens (including phenoxy) is 4. The van der Waals surface area contributed by atoms with Crippen molar-refractivity contribution >= 4 is 5.91 Å². The summed E-state index contributed by atoms with van der Waals surface area (Å²) in [7, 11) is 3.69. The second-order valence-electron chi connectivity index (χ2n) is 11.1. The van der Waals surface area contributed by atoms with E-state index in [1.807, 2.05) is 19.0 Å². The molecule has 0 radical (unpaired) electrons. The fourth-order valence-electron chi connectivity index (χ4n) is 5.18. The molecule has 1 saturated heterocycles. The molecule has 7 nitrogen and oxygen atoms in total. The Labute approximate surface area is 235 Å². The number of halogens is 5. The summed E-state index contributed by atoms with van der Waals surface area (Å²) >= 11 is 0. The Morgan fingerprint density at radius 2 is 1.80 bits per heavy atom. The third-order valence-electron chi connectivity index (χ3n) is 7.16. The largest absolute Gasteiger partial charge is 0.416 e. The van der Waals surface area contributed by atoms with Crippen LogP contribution < -0.4 is 5.32 Å². The highest BCUT2D eigenvalue weighted by molar-refractivity contribution is 5.85. The van der Waals surface area contributed by atoms with E-state index in [0.29, 0.717) is 6.54 Å². The molecule has 1 aliphatic heterocycles. The van der Waals surface area contributed by atoms with E-state index in [2.05, 4.69) is 5.32 Å². The summed E-state index contributed by atoms with van der Waals surface area (Å²) in [4.78, 5) is 15.6. The molecule has 1 unspecified atom stereocenters. The molecule has 0 aromatic heterocycles. The number of carbonyl (C=O) groups excluding carboxylic acids is 1. The van der Waals surface area contributed by atoms with E-state index in [4.69, 9.17) is 18.9 Å². The Hall–Kier alpha value is -2.64. The van der Waals surface area contributed by atoms with Crippen LogP contribution in [0.1, 0.15) is 43.4 Å². The summed E-state index contributed by atoms with van der Waals surface area (Å²) in [6.45, 7) is 3.63. The Bertz CT molecular complexity index is 1220. The fourth-order valence-corrected chi connectivity index (χ4v) is 5.18. The van der Waals surface area contributed by atoms with Gasteiger partial charge in [-0.25, -0.2) is 8.78 Å². The van der Waals surface area contributed by atoms with Crippen molar-refractivity contribution in [1.82, 2.24) is 10.2 Å². The number of benzene rings is 2. The van der Waals surface area contributed by atoms with Crippen LogP contribution in [-0.2, 0) is 43.1 Å². The van der Waals surface area contributed by atoms with Crippen LogP contribution in [0.2, 0.25) is 0 Å². The number of nitrogens with one attached hydrogen (secondary N) is 1. The molecule has 0 bridgehead atoms. The molecule has 1 heterocycles. The number of alkyl halides is 3. The van der Waals surface area contributed by atoms with Crippen molar-refractivity contribution in [3.63, 3.8) is 0 Å². The van der Waals surface area contributed by atoms with Gasteiger partial charge in [-0.1, -0.05) is 24.3 Å². The van der Waals surface area contributed by atoms with Crippen LogP contribution in [0.4, 0.5) is 22.0 Å². The van der Waals surface area contributed by atoms with E-state index in [1.54, 1.807) is 13.8 Å². The zero-order valence-corrected chi connectivity index (χ0v) is 23.4. The van der Waals surface area contributed by atoms with Crippen molar-refractivity contribution in [1.29, 1.82) is 0 Å². The molecule has 0 spiro atoms. The number of likely N-dealkylation sites (N-methyl/N-ethyl adjacent to an activating group) is 1. The number of fused-ring (bicyclic) bond motifs is 1. The molecule has 1 amide bonds. The first-order valence-electron chi connectivity index (χ1n) is 13.3. The van der Waals surface area contributed by atoms with Crippen molar-refractivity contribution in [2.24, 2.45) is 0 Å². The first-order chi connectivity index (χ1) is 19.2. The SMILES string of the molecule is CN(C)CCNC(=O)[C@@]1(OCc2cccc(C(F)(F)F)c2)CC(OCc2cccc(F)c2F)[C@@H]2OC(C)(C)O[C@@H]2C1. The number of rotatable bonds is 10. The minimum absolute atomic E-state index is 0.0174. The van der Waals surface area contributed by atoms with Crippen LogP contribution in [0.15, 0.2) is 42.5 Å². The molecule has 1 saturated carbocycles. The maximum atomic E-state index is 14.4. The number of nitrogens with zero attached hydrogens (tertiary/aromatic N) is 1. The van der Waals surface area contributed by atoms with Gasteiger partial charge < -0.3 is 29.2 Å². The van der Waals surface area contributed by atoms with Crippen LogP contribution in [0.25, 0.3) is 0 Å². The lowest BCUT2D eigenvalue weighted by Crippen LogP contribution is -2.60. The predicted octanol–water partition coefficient (Wildman–Crippen LogP) is 4.82. The van der Waals surface area contributed by atoms with Crippen molar-refractivity contribution in [3.8, 4) is 0 Å². The molecular formula is C29H35F5N2O5. The van der Waals surface area contributed by atoms with Crippen LogP contribution in [0.5, 0.6) is 0 Å². The number of hydrogen-bond acceptors (Lipinski definition) is 6. The molecule has 2 aliphatic rings. The second-order valence-corrected chi connectivity index (χ2v) is 11.1. The van der Waals surface area contributed by atoms with E-state index >= 15 is 0 Å². The fraction of sp³-hybridized carbons (Fsp3) is 0.552. The Morgan fingerprint density at radius 1 is 1.07 bits per heavy atom. The van der Waals surface area contributed by atoms with Crippen LogP contribution >= 0.6 is 0 Å². The third-order valence-corrected chi connectivity index (χ3v) is 7.16. The number of carbonyl (C=O) groups is 1. The van der Waals surface area contributed by atoms with Gasteiger partial charge in [-0.2, -0.15) is 13.2 Å². The van der Waals surface area contributed by atoms with Crippen molar-refractivity contribution < 1.29 is 45.7 Å². The monoisotopic (exact) mass is 586 g/mol. The first-order valence-corrected chi connectivity index (χ1v) is 13.3. The first kappa shape index (κ1) is 31.3. The summed E-state index contributed by atoms with van der Waals surface area (Å²) in [6, 6.07) is 8.44. The van der Waals surface area contributed by atoms with Crippen molar-refractivity contribution in [3.05, 3.63) is 70.8 Å². The minimum atomic E-state index is -4.54. The van der Waals surface area contributed by atoms with Gasteiger partial charge in [-0.05, 0) is 51.7 Å². The van der Waals surface area contributed by atoms with Gasteiger partial charge in [0, 0.05) is 31.5 Å². The van der Waals surface area contributed by atoms with Crippen LogP contribution in [-0.4, -0.2) is 67.7 Å². The van der Waals surface area contributed by atoms with Gasteiger partial charge in [-0.3, -0.25) is 4.79 Å². The highest BCUT2D eigenvalue weighted by Gasteiger charge is 2.58. The molecule has 12 heteroatoms. The molecular weight excluding hydrogens is 551 g/mol. The van der Waals surface area contributed by atoms with Gasteiger partial charge in [0.1, 0.15) is 6.10 Å². The summed E-state index contributed by atoms with van der Waals surface area (Å²) in [5.74, 6) is -3.58. The van der Waals surface area contributed by atoms with Gasteiger partial charge in [0.2, 0.25) is 0 Å². The summed E-state index contributed by atoms with van der Waals surface area (Å²) < 4.78 is 92.5. The Morgan fingerprint density at radius 3 is 2.51 bits per heavy atom. The van der Waals surface area contributed by atoms with Gasteiger partial charge >= 0.3 is 6.18 Å². The Balaban J connectivity index is 1.62. The maximum Gasteiger partial charge on any atom is 0.416 e. The van der Waals surface area contributed by atoms with E-state index in [-0.39, 0.29) is 43.7 Å². The lowest BCUT2D eigenvalue weighted by Gasteiger charge is -2.43. The van der Waals surface area contributed by atoms with Gasteiger partial charge in [0.25, 0.3) is 5.91 Å². The normalized spacial score (nSPS) is 25.8. The van der Waals surface area contributed by atoms with E-state index in [0.717, 1.165) is 18.2 Å². The summed E-state index contributed by atoms with van der Waals surface area (Å²) in [5.41, 5.74) is -2.20. The summed E-state index contributed by atoms with van der Waals surface area (Å²) in [5, 5.41) is 2.86. The zero-order chi connectivity index (χ0) is 30.0. The lowest BCUT2D eigenvalue weighted by molar-refractivity contribution is -0.183. The quantitative estimate of drug-likeness (QED) is 0.403. The molecule has 4 atom stereocenters.